The molecule has 128 valence electrons. The molecule has 0 radical (unpaired) electrons. The first-order valence-electron chi connectivity index (χ1n) is 0.730. The Labute approximate surface area is 94.1 Å². The Morgan fingerprint density at radius 3 is 0.412 bits per heavy atom. The molecule has 0 aromatic carbocycles. The molecule has 17 heavy (non-hydrogen) atoms. The van der Waals surface area contributed by atoms with Crippen molar-refractivity contribution in [2.45, 2.75) is 0 Å². The highest BCUT2D eigenvalue weighted by molar-refractivity contribution is 7.40. The normalized spacial score (nSPS) is 3.47. The van der Waals surface area contributed by atoms with Gasteiger partial charge in [0.1, 0.15) is 0 Å². The molecule has 0 aromatic heterocycles. The lowest BCUT2D eigenvalue weighted by Gasteiger charge is -2.36. The second-order valence-corrected chi connectivity index (χ2v) is 1.34. The Morgan fingerprint density at radius 1 is 0.412 bits per heavy atom. The van der Waals surface area contributed by atoms with Crippen molar-refractivity contribution in [3.8, 4) is 0 Å². The van der Waals surface area contributed by atoms with Gasteiger partial charge in [-0.1, -0.05) is 0 Å². The Bertz CT molecular complexity index is 51.7. The van der Waals surface area contributed by atoms with Gasteiger partial charge in [0, 0.05) is 0 Å². The van der Waals surface area contributed by atoms with Crippen molar-refractivity contribution < 1.29 is 85.0 Å². The minimum Gasteiger partial charge on any atom is -0.822 e. The molecule has 0 bridgehead atoms. The fourth-order valence-corrected chi connectivity index (χ4v) is 0. The van der Waals surface area contributed by atoms with Crippen LogP contribution < -0.4 is 14.7 Å². The summed E-state index contributed by atoms with van der Waals surface area (Å²) in [5, 5.41) is 0. The Kier molecular flexibility index (Phi) is 1910. The Hall–Kier alpha value is -0.370. The lowest BCUT2D eigenvalue weighted by atomic mass is 15.8. The van der Waals surface area contributed by atoms with E-state index in [-0.39, 0.29) is 65.7 Å². The van der Waals surface area contributed by atoms with Crippen molar-refractivity contribution in [3.05, 3.63) is 0 Å². The lowest BCUT2D eigenvalue weighted by molar-refractivity contribution is -0.432. The summed E-state index contributed by atoms with van der Waals surface area (Å²) >= 11 is 0. The number of hydrogen-bond donors (Lipinski definition) is 0. The van der Waals surface area contributed by atoms with E-state index < -0.39 is 7.82 Å². The van der Waals surface area contributed by atoms with Gasteiger partial charge in [-0.3, -0.25) is 0 Å². The monoisotopic (exact) mass is 311 g/mol. The average molecular weight is 311 g/mol. The first-order valence-corrected chi connectivity index (χ1v) is 2.19. The van der Waals surface area contributed by atoms with E-state index in [1.54, 1.807) is 0 Å². The molecule has 0 heterocycles. The smallest absolute Gasteiger partial charge is 0.159 e. The van der Waals surface area contributed by atoms with Crippen LogP contribution in [0.2, 0.25) is 0 Å². The van der Waals surface area contributed by atoms with Gasteiger partial charge in [0.25, 0.3) is 0 Å². The van der Waals surface area contributed by atoms with Crippen LogP contribution in [0.15, 0.2) is 0 Å². The van der Waals surface area contributed by atoms with Gasteiger partial charge in [0.2, 0.25) is 0 Å². The third-order valence-electron chi connectivity index (χ3n) is 0. The van der Waals surface area contributed by atoms with Crippen LogP contribution in [0.25, 0.3) is 0 Å². The van der Waals surface area contributed by atoms with Crippen LogP contribution in [-0.4, -0.2) is 65.7 Å². The van der Waals surface area contributed by atoms with Crippen LogP contribution in [0, 0.1) is 0 Å². The van der Waals surface area contributed by atoms with Crippen molar-refractivity contribution in [1.82, 2.24) is 0 Å². The summed E-state index contributed by atoms with van der Waals surface area (Å²) in [7, 11) is -5.39. The molecular weight excluding hydrogens is 287 g/mol. The molecule has 0 unspecified atom stereocenters. The standard InChI is InChI=1S/H3O4P.12H2O/c1-5(2,3)4;;;;;;;;;;;;/h(H3,1,2,3,4);12*1H2/p-3. The Morgan fingerprint density at radius 2 is 0.412 bits per heavy atom. The maximum atomic E-state index is 8.55. The molecular formula is H24O16P-3. The molecule has 0 amide bonds. The van der Waals surface area contributed by atoms with Gasteiger partial charge in [0.05, 0.1) is 0 Å². The molecule has 0 aromatic rings. The van der Waals surface area contributed by atoms with Crippen LogP contribution in [0.4, 0.5) is 0 Å². The quantitative estimate of drug-likeness (QED) is 0.392. The highest BCUT2D eigenvalue weighted by Gasteiger charge is 1.44. The van der Waals surface area contributed by atoms with E-state index >= 15 is 0 Å². The van der Waals surface area contributed by atoms with E-state index in [1.165, 1.54) is 0 Å². The minimum absolute atomic E-state index is 0. The maximum absolute atomic E-state index is 8.55. The van der Waals surface area contributed by atoms with Gasteiger partial charge in [-0.05, 0) is 0 Å². The van der Waals surface area contributed by atoms with Gasteiger partial charge in [-0.2, -0.15) is 7.82 Å². The van der Waals surface area contributed by atoms with Crippen LogP contribution in [-0.2, 0) is 4.57 Å². The molecule has 16 nitrogen and oxygen atoms in total. The van der Waals surface area contributed by atoms with Crippen molar-refractivity contribution in [1.29, 1.82) is 0 Å². The minimum atomic E-state index is -5.39. The third-order valence-corrected chi connectivity index (χ3v) is 0. The van der Waals surface area contributed by atoms with Gasteiger partial charge in [0.15, 0.2) is 0 Å². The third kappa shape index (κ3) is 21200. The van der Waals surface area contributed by atoms with E-state index in [0.29, 0.717) is 0 Å². The largest absolute Gasteiger partial charge is 0.822 e. The molecule has 0 spiro atoms. The molecule has 0 aliphatic carbocycles. The lowest BCUT2D eigenvalue weighted by Crippen LogP contribution is -2.24. The van der Waals surface area contributed by atoms with E-state index in [9.17, 15) is 0 Å². The van der Waals surface area contributed by atoms with Crippen LogP contribution in [0.1, 0.15) is 0 Å². The molecule has 0 saturated carbocycles. The van der Waals surface area contributed by atoms with E-state index in [2.05, 4.69) is 0 Å². The van der Waals surface area contributed by atoms with Gasteiger partial charge in [-0.25, -0.2) is 0 Å². The highest BCUT2D eigenvalue weighted by Crippen LogP contribution is 2.03. The highest BCUT2D eigenvalue weighted by atomic mass is 31.2. The number of rotatable bonds is 0. The SMILES string of the molecule is O.O.O.O.O.O.O.O.O.O.O.O.O=P([O-])([O-])[O-]. The summed E-state index contributed by atoms with van der Waals surface area (Å²) in [6, 6.07) is 0. The first kappa shape index (κ1) is 308. The van der Waals surface area contributed by atoms with Crippen LogP contribution in [0.5, 0.6) is 0 Å². The molecule has 0 saturated heterocycles. The number of hydrogen-bond acceptors (Lipinski definition) is 4. The van der Waals surface area contributed by atoms with Crippen molar-refractivity contribution >= 4 is 7.82 Å². The van der Waals surface area contributed by atoms with Crippen molar-refractivity contribution in [2.24, 2.45) is 0 Å². The second kappa shape index (κ2) is 106. The summed E-state index contributed by atoms with van der Waals surface area (Å²) in [5.74, 6) is 0. The zero-order valence-corrected chi connectivity index (χ0v) is 8.97. The molecule has 0 fully saturated rings. The summed E-state index contributed by atoms with van der Waals surface area (Å²) in [6.07, 6.45) is 0. The summed E-state index contributed by atoms with van der Waals surface area (Å²) < 4.78 is 8.55. The van der Waals surface area contributed by atoms with Crippen LogP contribution in [0.3, 0.4) is 0 Å². The number of phosphoric acid groups is 1. The van der Waals surface area contributed by atoms with Crippen molar-refractivity contribution in [3.63, 3.8) is 0 Å². The van der Waals surface area contributed by atoms with Crippen LogP contribution >= 0.6 is 7.82 Å². The van der Waals surface area contributed by atoms with Gasteiger partial charge >= 0.3 is 0 Å². The zero-order chi connectivity index (χ0) is 4.50. The molecule has 0 rings (SSSR count). The van der Waals surface area contributed by atoms with E-state index in [4.69, 9.17) is 19.2 Å². The van der Waals surface area contributed by atoms with Crippen molar-refractivity contribution in [2.75, 3.05) is 0 Å². The fraction of sp³-hybridized carbons (Fsp3) is 0. The molecule has 24 N–H and O–H groups in total. The average Bonchev–Trinajstić information content (AvgIpc) is 0.722. The maximum Gasteiger partial charge on any atom is -0.159 e. The van der Waals surface area contributed by atoms with E-state index in [1.807, 2.05) is 0 Å². The molecule has 0 atom stereocenters. The molecule has 17 heteroatoms. The summed E-state index contributed by atoms with van der Waals surface area (Å²) in [6.45, 7) is 0. The van der Waals surface area contributed by atoms with Gasteiger partial charge < -0.3 is 85.0 Å². The predicted octanol–water partition coefficient (Wildman–Crippen LogP) is -12.7. The summed E-state index contributed by atoms with van der Waals surface area (Å²) in [5.41, 5.74) is 0. The zero-order valence-electron chi connectivity index (χ0n) is 8.08. The van der Waals surface area contributed by atoms with Gasteiger partial charge in [-0.15, -0.1) is 0 Å². The second-order valence-electron chi connectivity index (χ2n) is 0.447. The fourth-order valence-electron chi connectivity index (χ4n) is 0. The molecule has 0 aliphatic heterocycles. The molecule has 0 aliphatic rings. The Balaban J connectivity index is -0.00000000121. The first-order chi connectivity index (χ1) is 2.00. The predicted molar refractivity (Wildman–Crippen MR) is 51.0 cm³/mol. The topological polar surface area (TPSA) is 464 Å². The summed E-state index contributed by atoms with van der Waals surface area (Å²) in [4.78, 5) is 25.6. The van der Waals surface area contributed by atoms with E-state index in [0.717, 1.165) is 0 Å².